The molecule has 1 aliphatic heterocycles. The van der Waals surface area contributed by atoms with Crippen molar-refractivity contribution in [2.45, 2.75) is 31.8 Å². The Labute approximate surface area is 144 Å². The van der Waals surface area contributed by atoms with E-state index in [9.17, 15) is 9.59 Å². The van der Waals surface area contributed by atoms with E-state index in [1.165, 1.54) is 4.57 Å². The zero-order valence-corrected chi connectivity index (χ0v) is 14.0. The van der Waals surface area contributed by atoms with Crippen molar-refractivity contribution in [3.05, 3.63) is 53.3 Å². The summed E-state index contributed by atoms with van der Waals surface area (Å²) in [5.41, 5.74) is 1.15. The summed E-state index contributed by atoms with van der Waals surface area (Å²) >= 11 is 0. The van der Waals surface area contributed by atoms with E-state index in [4.69, 9.17) is 4.42 Å². The van der Waals surface area contributed by atoms with Gasteiger partial charge in [-0.3, -0.25) is 14.0 Å². The number of oxazole rings is 1. The van der Waals surface area contributed by atoms with Crippen molar-refractivity contribution >= 4 is 17.0 Å². The lowest BCUT2D eigenvalue weighted by atomic mass is 10.0. The monoisotopic (exact) mass is 340 g/mol. The van der Waals surface area contributed by atoms with E-state index in [0.717, 1.165) is 12.8 Å². The van der Waals surface area contributed by atoms with Gasteiger partial charge in [-0.05, 0) is 38.0 Å². The summed E-state index contributed by atoms with van der Waals surface area (Å²) < 4.78 is 8.61. The Morgan fingerprint density at radius 2 is 2.16 bits per heavy atom. The number of rotatable bonds is 3. The molecule has 1 aliphatic rings. The number of carbonyl (C=O) groups excluding carboxylic acids is 1. The number of piperidine rings is 1. The fourth-order valence-electron chi connectivity index (χ4n) is 3.59. The van der Waals surface area contributed by atoms with Gasteiger partial charge in [0.05, 0.1) is 11.6 Å². The van der Waals surface area contributed by atoms with Crippen molar-refractivity contribution in [1.82, 2.24) is 19.2 Å². The number of aromatic nitrogens is 3. The van der Waals surface area contributed by atoms with Crippen molar-refractivity contribution in [3.63, 3.8) is 0 Å². The molecule has 0 bridgehead atoms. The van der Waals surface area contributed by atoms with Gasteiger partial charge in [0, 0.05) is 25.5 Å². The van der Waals surface area contributed by atoms with Crippen LogP contribution in [-0.2, 0) is 4.79 Å². The highest BCUT2D eigenvalue weighted by Crippen LogP contribution is 2.24. The molecule has 2 aromatic heterocycles. The van der Waals surface area contributed by atoms with Crippen LogP contribution in [0.1, 0.15) is 31.8 Å². The smallest absolute Gasteiger partial charge is 0.408 e. The molecule has 2 atom stereocenters. The second-order valence-electron chi connectivity index (χ2n) is 6.45. The minimum Gasteiger partial charge on any atom is -0.408 e. The van der Waals surface area contributed by atoms with Crippen molar-refractivity contribution < 1.29 is 9.21 Å². The first-order chi connectivity index (χ1) is 12.1. The maximum Gasteiger partial charge on any atom is 0.420 e. The van der Waals surface area contributed by atoms with Crippen LogP contribution in [-0.4, -0.2) is 38.2 Å². The molecule has 7 heteroatoms. The predicted octanol–water partition coefficient (Wildman–Crippen LogP) is 2.22. The van der Waals surface area contributed by atoms with Crippen LogP contribution in [0.2, 0.25) is 0 Å². The van der Waals surface area contributed by atoms with Crippen LogP contribution in [0, 0.1) is 0 Å². The van der Waals surface area contributed by atoms with Gasteiger partial charge in [-0.1, -0.05) is 12.1 Å². The molecule has 0 radical (unpaired) electrons. The molecule has 1 amide bonds. The third-order valence-corrected chi connectivity index (χ3v) is 4.87. The maximum absolute atomic E-state index is 13.0. The second-order valence-corrected chi connectivity index (χ2v) is 6.45. The molecule has 0 N–H and O–H groups in total. The second kappa shape index (κ2) is 6.23. The van der Waals surface area contributed by atoms with E-state index in [2.05, 4.69) is 5.10 Å². The number of hydrogen-bond donors (Lipinski definition) is 0. The van der Waals surface area contributed by atoms with E-state index >= 15 is 0 Å². The zero-order chi connectivity index (χ0) is 17.4. The van der Waals surface area contributed by atoms with Crippen LogP contribution in [0.25, 0.3) is 11.1 Å². The summed E-state index contributed by atoms with van der Waals surface area (Å²) in [5.74, 6) is -0.562. The molecular formula is C18H20N4O3. The summed E-state index contributed by atoms with van der Waals surface area (Å²) in [6.45, 7) is 3.06. The first-order valence-corrected chi connectivity index (χ1v) is 8.53. The molecule has 130 valence electrons. The number of carbonyl (C=O) groups is 1. The highest BCUT2D eigenvalue weighted by atomic mass is 16.4. The van der Waals surface area contributed by atoms with E-state index in [0.29, 0.717) is 24.2 Å². The summed E-state index contributed by atoms with van der Waals surface area (Å²) in [6.07, 6.45) is 5.59. The Hall–Kier alpha value is -2.83. The van der Waals surface area contributed by atoms with Crippen molar-refractivity contribution in [2.24, 2.45) is 0 Å². The molecule has 3 aromatic rings. The molecule has 7 nitrogen and oxygen atoms in total. The Kier molecular flexibility index (Phi) is 3.91. The molecule has 0 aliphatic carbocycles. The SMILES string of the molecule is C[C@H](C(=O)N1CCC[C@H](n2cccn2)C1)n1c(=O)oc2ccccc21. The Balaban J connectivity index is 1.59. The molecule has 0 spiro atoms. The van der Waals surface area contributed by atoms with Crippen LogP contribution in [0.4, 0.5) is 0 Å². The zero-order valence-electron chi connectivity index (χ0n) is 14.0. The van der Waals surface area contributed by atoms with Gasteiger partial charge in [0.25, 0.3) is 0 Å². The predicted molar refractivity (Wildman–Crippen MR) is 92.3 cm³/mol. The number of para-hydroxylation sites is 2. The average Bonchev–Trinajstić information content (AvgIpc) is 3.27. The highest BCUT2D eigenvalue weighted by Gasteiger charge is 2.30. The molecule has 3 heterocycles. The van der Waals surface area contributed by atoms with Crippen molar-refractivity contribution in [1.29, 1.82) is 0 Å². The molecule has 1 saturated heterocycles. The number of hydrogen-bond acceptors (Lipinski definition) is 4. The van der Waals surface area contributed by atoms with Gasteiger partial charge in [0.1, 0.15) is 6.04 Å². The van der Waals surface area contributed by atoms with Crippen LogP contribution in [0.3, 0.4) is 0 Å². The lowest BCUT2D eigenvalue weighted by Crippen LogP contribution is -2.44. The van der Waals surface area contributed by atoms with Crippen LogP contribution in [0.15, 0.2) is 51.9 Å². The molecule has 25 heavy (non-hydrogen) atoms. The minimum absolute atomic E-state index is 0.0643. The topological polar surface area (TPSA) is 73.3 Å². The summed E-state index contributed by atoms with van der Waals surface area (Å²) in [7, 11) is 0. The van der Waals surface area contributed by atoms with Gasteiger partial charge >= 0.3 is 5.76 Å². The lowest BCUT2D eigenvalue weighted by Gasteiger charge is -2.34. The molecule has 4 rings (SSSR count). The standard InChI is InChI=1S/C18H20N4O3/c1-13(22-15-7-2-3-8-16(15)25-18(22)24)17(23)20-10-4-6-14(12-20)21-11-5-9-19-21/h2-3,5,7-9,11,13-14H,4,6,10,12H2,1H3/t13-,14+/m1/s1. The number of likely N-dealkylation sites (tertiary alicyclic amines) is 1. The molecule has 1 aromatic carbocycles. The number of benzene rings is 1. The maximum atomic E-state index is 13.0. The summed E-state index contributed by atoms with van der Waals surface area (Å²) in [4.78, 5) is 27.1. The average molecular weight is 340 g/mol. The van der Waals surface area contributed by atoms with Gasteiger partial charge in [-0.25, -0.2) is 4.79 Å². The van der Waals surface area contributed by atoms with E-state index in [-0.39, 0.29) is 11.9 Å². The third-order valence-electron chi connectivity index (χ3n) is 4.87. The van der Waals surface area contributed by atoms with Gasteiger partial charge < -0.3 is 9.32 Å². The number of nitrogens with zero attached hydrogens (tertiary/aromatic N) is 4. The van der Waals surface area contributed by atoms with Crippen molar-refractivity contribution in [2.75, 3.05) is 13.1 Å². The molecule has 1 fully saturated rings. The number of fused-ring (bicyclic) bond motifs is 1. The number of amides is 1. The largest absolute Gasteiger partial charge is 0.420 e. The molecule has 0 saturated carbocycles. The summed E-state index contributed by atoms with van der Waals surface area (Å²) in [5, 5.41) is 4.29. The van der Waals surface area contributed by atoms with Gasteiger partial charge in [-0.15, -0.1) is 0 Å². The van der Waals surface area contributed by atoms with Gasteiger partial charge in [-0.2, -0.15) is 5.10 Å². The van der Waals surface area contributed by atoms with Gasteiger partial charge in [0.15, 0.2) is 5.58 Å². The fourth-order valence-corrected chi connectivity index (χ4v) is 3.59. The lowest BCUT2D eigenvalue weighted by molar-refractivity contribution is -0.136. The Morgan fingerprint density at radius 1 is 1.32 bits per heavy atom. The quantitative estimate of drug-likeness (QED) is 0.733. The molecular weight excluding hydrogens is 320 g/mol. The van der Waals surface area contributed by atoms with Crippen LogP contribution < -0.4 is 5.76 Å². The summed E-state index contributed by atoms with van der Waals surface area (Å²) in [6, 6.07) is 8.64. The normalized spacial score (nSPS) is 19.2. The highest BCUT2D eigenvalue weighted by molar-refractivity contribution is 5.83. The Bertz CT molecular complexity index is 941. The van der Waals surface area contributed by atoms with E-state index in [1.54, 1.807) is 31.3 Å². The third kappa shape index (κ3) is 2.75. The van der Waals surface area contributed by atoms with Crippen LogP contribution >= 0.6 is 0 Å². The molecule has 0 unspecified atom stereocenters. The minimum atomic E-state index is -0.604. The van der Waals surface area contributed by atoms with Gasteiger partial charge in [0.2, 0.25) is 5.91 Å². The Morgan fingerprint density at radius 3 is 2.96 bits per heavy atom. The van der Waals surface area contributed by atoms with E-state index < -0.39 is 11.8 Å². The first-order valence-electron chi connectivity index (χ1n) is 8.53. The first kappa shape index (κ1) is 15.7. The fraction of sp³-hybridized carbons (Fsp3) is 0.389. The van der Waals surface area contributed by atoms with E-state index in [1.807, 2.05) is 27.9 Å². The van der Waals surface area contributed by atoms with Crippen molar-refractivity contribution in [3.8, 4) is 0 Å². The van der Waals surface area contributed by atoms with Crippen LogP contribution in [0.5, 0.6) is 0 Å².